The van der Waals surface area contributed by atoms with Gasteiger partial charge in [0.05, 0.1) is 26.4 Å². The summed E-state index contributed by atoms with van der Waals surface area (Å²) in [5, 5.41) is 9.25. The Balaban J connectivity index is 2.04. The summed E-state index contributed by atoms with van der Waals surface area (Å²) in [7, 11) is 1.63. The van der Waals surface area contributed by atoms with Gasteiger partial charge in [-0.3, -0.25) is 4.79 Å². The van der Waals surface area contributed by atoms with E-state index in [9.17, 15) is 9.90 Å². The molecular weight excluding hydrogens is 256 g/mol. The van der Waals surface area contributed by atoms with Crippen LogP contribution in [0.2, 0.25) is 0 Å². The van der Waals surface area contributed by atoms with Crippen molar-refractivity contribution >= 4 is 17.7 Å². The predicted octanol–water partition coefficient (Wildman–Crippen LogP) is 1.41. The molecule has 0 aromatic rings. The minimum absolute atomic E-state index is 0.479. The molecule has 1 aliphatic rings. The Bertz CT molecular complexity index is 241. The molecule has 1 atom stereocenters. The fourth-order valence-corrected chi connectivity index (χ4v) is 3.19. The van der Waals surface area contributed by atoms with Crippen molar-refractivity contribution in [1.29, 1.82) is 0 Å². The molecule has 0 aromatic carbocycles. The number of carboxylic acids is 1. The summed E-state index contributed by atoms with van der Waals surface area (Å²) in [5.74, 6) is 0.233. The average Bonchev–Trinajstić information content (AvgIpc) is 2.83. The molecule has 0 spiro atoms. The van der Waals surface area contributed by atoms with E-state index in [0.29, 0.717) is 39.5 Å². The van der Waals surface area contributed by atoms with E-state index >= 15 is 0 Å². The second kappa shape index (κ2) is 8.74. The molecule has 1 unspecified atom stereocenters. The molecule has 5 nitrogen and oxygen atoms in total. The molecule has 1 N–H and O–H groups in total. The van der Waals surface area contributed by atoms with Gasteiger partial charge in [-0.1, -0.05) is 0 Å². The third-order valence-corrected chi connectivity index (χ3v) is 4.58. The zero-order chi connectivity index (χ0) is 13.3. The highest BCUT2D eigenvalue weighted by Gasteiger charge is 2.41. The minimum atomic E-state index is -0.704. The van der Waals surface area contributed by atoms with Gasteiger partial charge >= 0.3 is 5.97 Å². The van der Waals surface area contributed by atoms with Gasteiger partial charge in [0.25, 0.3) is 0 Å². The lowest BCUT2D eigenvalue weighted by atomic mass is 10.00. The van der Waals surface area contributed by atoms with Crippen LogP contribution in [-0.2, 0) is 19.0 Å². The number of thioether (sulfide) groups is 1. The molecule has 0 bridgehead atoms. The van der Waals surface area contributed by atoms with Crippen LogP contribution in [0.25, 0.3) is 0 Å². The Hall–Kier alpha value is -0.300. The largest absolute Gasteiger partial charge is 0.480 e. The summed E-state index contributed by atoms with van der Waals surface area (Å²) in [6, 6.07) is 0. The van der Waals surface area contributed by atoms with Crippen LogP contribution in [-0.4, -0.2) is 61.7 Å². The van der Waals surface area contributed by atoms with E-state index in [4.69, 9.17) is 14.2 Å². The van der Waals surface area contributed by atoms with Gasteiger partial charge in [0.2, 0.25) is 0 Å². The van der Waals surface area contributed by atoms with Gasteiger partial charge in [0.15, 0.2) is 0 Å². The van der Waals surface area contributed by atoms with E-state index < -0.39 is 10.7 Å². The number of carbonyl (C=O) groups is 1. The van der Waals surface area contributed by atoms with Crippen LogP contribution < -0.4 is 0 Å². The lowest BCUT2D eigenvalue weighted by Crippen LogP contribution is -2.33. The number of aliphatic carboxylic acids is 1. The molecule has 6 heteroatoms. The summed E-state index contributed by atoms with van der Waals surface area (Å²) >= 11 is 1.55. The molecule has 106 valence electrons. The number of hydrogen-bond acceptors (Lipinski definition) is 5. The second-order valence-electron chi connectivity index (χ2n) is 4.22. The zero-order valence-electron chi connectivity index (χ0n) is 10.9. The highest BCUT2D eigenvalue weighted by atomic mass is 32.2. The van der Waals surface area contributed by atoms with Gasteiger partial charge < -0.3 is 19.3 Å². The van der Waals surface area contributed by atoms with E-state index in [1.807, 2.05) is 0 Å². The molecule has 1 rings (SSSR count). The van der Waals surface area contributed by atoms with Crippen LogP contribution in [0, 0.1) is 0 Å². The molecule has 18 heavy (non-hydrogen) atoms. The van der Waals surface area contributed by atoms with Crippen LogP contribution >= 0.6 is 11.8 Å². The van der Waals surface area contributed by atoms with Gasteiger partial charge in [-0.05, 0) is 25.0 Å². The SMILES string of the molecule is COCCOCCOCCC1(C(=O)O)CCCS1. The number of carboxylic acid groups (broad SMARTS) is 1. The van der Waals surface area contributed by atoms with Crippen molar-refractivity contribution < 1.29 is 24.1 Å². The molecule has 0 saturated carbocycles. The molecule has 1 fully saturated rings. The van der Waals surface area contributed by atoms with Crippen molar-refractivity contribution in [2.75, 3.05) is 45.9 Å². The first-order chi connectivity index (χ1) is 8.71. The van der Waals surface area contributed by atoms with Crippen molar-refractivity contribution in [3.63, 3.8) is 0 Å². The quantitative estimate of drug-likeness (QED) is 0.610. The molecule has 0 aromatic heterocycles. The summed E-state index contributed by atoms with van der Waals surface area (Å²) in [6.45, 7) is 2.65. The fraction of sp³-hybridized carbons (Fsp3) is 0.917. The highest BCUT2D eigenvalue weighted by molar-refractivity contribution is 8.01. The highest BCUT2D eigenvalue weighted by Crippen LogP contribution is 2.41. The standard InChI is InChI=1S/C12H22O5S/c1-15-6-7-17-9-8-16-5-4-12(11(13)14)3-2-10-18-12/h2-10H2,1H3,(H,13,14). The summed E-state index contributed by atoms with van der Waals surface area (Å²) in [5.41, 5.74) is 0. The molecule has 1 aliphatic heterocycles. The maximum absolute atomic E-state index is 11.2. The van der Waals surface area contributed by atoms with Crippen molar-refractivity contribution in [2.24, 2.45) is 0 Å². The number of rotatable bonds is 10. The Labute approximate surface area is 112 Å². The first-order valence-electron chi connectivity index (χ1n) is 6.23. The van der Waals surface area contributed by atoms with E-state index in [1.165, 1.54) is 0 Å². The Morgan fingerprint density at radius 1 is 1.22 bits per heavy atom. The zero-order valence-corrected chi connectivity index (χ0v) is 11.7. The Morgan fingerprint density at radius 3 is 2.44 bits per heavy atom. The van der Waals surface area contributed by atoms with Gasteiger partial charge in [-0.15, -0.1) is 11.8 Å². The maximum atomic E-state index is 11.2. The monoisotopic (exact) mass is 278 g/mol. The van der Waals surface area contributed by atoms with Crippen LogP contribution in [0.1, 0.15) is 19.3 Å². The van der Waals surface area contributed by atoms with Crippen molar-refractivity contribution in [3.05, 3.63) is 0 Å². The topological polar surface area (TPSA) is 65.0 Å². The smallest absolute Gasteiger partial charge is 0.319 e. The Morgan fingerprint density at radius 2 is 1.89 bits per heavy atom. The molecular formula is C12H22O5S. The molecule has 1 heterocycles. The van der Waals surface area contributed by atoms with E-state index in [1.54, 1.807) is 18.9 Å². The molecule has 1 saturated heterocycles. The molecule has 0 aliphatic carbocycles. The van der Waals surface area contributed by atoms with E-state index in [2.05, 4.69) is 0 Å². The third-order valence-electron chi connectivity index (χ3n) is 2.95. The van der Waals surface area contributed by atoms with Crippen LogP contribution in [0.15, 0.2) is 0 Å². The van der Waals surface area contributed by atoms with Crippen molar-refractivity contribution in [3.8, 4) is 0 Å². The van der Waals surface area contributed by atoms with Crippen molar-refractivity contribution in [2.45, 2.75) is 24.0 Å². The van der Waals surface area contributed by atoms with Crippen LogP contribution in [0.5, 0.6) is 0 Å². The number of ether oxygens (including phenoxy) is 3. The van der Waals surface area contributed by atoms with Gasteiger partial charge in [0.1, 0.15) is 4.75 Å². The average molecular weight is 278 g/mol. The predicted molar refractivity (Wildman–Crippen MR) is 70.2 cm³/mol. The van der Waals surface area contributed by atoms with E-state index in [-0.39, 0.29) is 0 Å². The lowest BCUT2D eigenvalue weighted by Gasteiger charge is -2.22. The summed E-state index contributed by atoms with van der Waals surface area (Å²) in [4.78, 5) is 11.2. The number of hydrogen-bond donors (Lipinski definition) is 1. The number of methoxy groups -OCH3 is 1. The third kappa shape index (κ3) is 5.14. The maximum Gasteiger partial charge on any atom is 0.319 e. The van der Waals surface area contributed by atoms with Gasteiger partial charge in [-0.25, -0.2) is 0 Å². The minimum Gasteiger partial charge on any atom is -0.480 e. The molecule has 0 radical (unpaired) electrons. The van der Waals surface area contributed by atoms with Gasteiger partial charge in [0, 0.05) is 13.7 Å². The molecule has 0 amide bonds. The van der Waals surface area contributed by atoms with Crippen LogP contribution in [0.3, 0.4) is 0 Å². The first-order valence-corrected chi connectivity index (χ1v) is 7.21. The normalized spacial score (nSPS) is 23.4. The van der Waals surface area contributed by atoms with Crippen LogP contribution in [0.4, 0.5) is 0 Å². The van der Waals surface area contributed by atoms with E-state index in [0.717, 1.165) is 18.6 Å². The fourth-order valence-electron chi connectivity index (χ4n) is 1.87. The summed E-state index contributed by atoms with van der Waals surface area (Å²) < 4.78 is 14.9. The summed E-state index contributed by atoms with van der Waals surface area (Å²) in [6.07, 6.45) is 2.31. The van der Waals surface area contributed by atoms with Crippen molar-refractivity contribution in [1.82, 2.24) is 0 Å². The van der Waals surface area contributed by atoms with Gasteiger partial charge in [-0.2, -0.15) is 0 Å². The first kappa shape index (κ1) is 15.8. The second-order valence-corrected chi connectivity index (χ2v) is 5.70. The lowest BCUT2D eigenvalue weighted by molar-refractivity contribution is -0.140. The Kier molecular flexibility index (Phi) is 7.65.